The quantitative estimate of drug-likeness (QED) is 0.173. The van der Waals surface area contributed by atoms with Gasteiger partial charge in [0.2, 0.25) is 32.7 Å². The number of Topliss-reactive ketones (excluding diaryl/α,β-unsaturated/α-hetero) is 2. The van der Waals surface area contributed by atoms with Crippen molar-refractivity contribution in [2.24, 2.45) is 5.41 Å². The van der Waals surface area contributed by atoms with Gasteiger partial charge in [-0.1, -0.05) is 108 Å². The minimum atomic E-state index is -0.754. The van der Waals surface area contributed by atoms with Crippen LogP contribution in [-0.2, 0) is 15.0 Å². The summed E-state index contributed by atoms with van der Waals surface area (Å²) in [6.07, 6.45) is 7.16. The maximum atomic E-state index is 13.6. The minimum absolute atomic E-state index is 0.0839. The molecule has 0 unspecified atom stereocenters. The molecule has 0 saturated heterocycles. The molecule has 1 aromatic heterocycles. The number of carbonyl (C=O) groups excluding carboxylic acids is 2. The maximum absolute atomic E-state index is 13.6. The van der Waals surface area contributed by atoms with E-state index >= 15 is 0 Å². The molecule has 5 rings (SSSR count). The van der Waals surface area contributed by atoms with Crippen LogP contribution < -0.4 is 5.11 Å². The highest BCUT2D eigenvalue weighted by Crippen LogP contribution is 2.47. The van der Waals surface area contributed by atoms with Gasteiger partial charge in [-0.2, -0.15) is 0 Å². The number of benzene rings is 2. The summed E-state index contributed by atoms with van der Waals surface area (Å²) >= 11 is 3.37. The SMILES string of the molecule is CC(C)(C)C1=C/C(=C\C2=C([O-])C(=C\c3cc(-c4ccccc4)[s+]c(C(C)(C)C)c3)/C(=O)C2=O)C=C(c2ccccc2)S1. The number of hydrogen-bond donors (Lipinski definition) is 0. The lowest BCUT2D eigenvalue weighted by molar-refractivity contribution is -0.296. The molecule has 2 heterocycles. The first-order chi connectivity index (χ1) is 19.8. The molecule has 3 nitrogen and oxygen atoms in total. The molecule has 0 spiro atoms. The Morgan fingerprint density at radius 3 is 1.95 bits per heavy atom. The van der Waals surface area contributed by atoms with Crippen LogP contribution in [0.2, 0.25) is 0 Å². The van der Waals surface area contributed by atoms with Gasteiger partial charge in [-0.25, -0.2) is 0 Å². The van der Waals surface area contributed by atoms with Crippen molar-refractivity contribution < 1.29 is 14.7 Å². The van der Waals surface area contributed by atoms with Crippen molar-refractivity contribution in [2.75, 3.05) is 0 Å². The van der Waals surface area contributed by atoms with Crippen LogP contribution in [0.4, 0.5) is 0 Å². The third-order valence-electron chi connectivity index (χ3n) is 7.03. The van der Waals surface area contributed by atoms with Crippen LogP contribution in [0, 0.1) is 5.41 Å². The Morgan fingerprint density at radius 1 is 0.738 bits per heavy atom. The molecule has 1 aliphatic carbocycles. The lowest BCUT2D eigenvalue weighted by atomic mass is 9.93. The van der Waals surface area contributed by atoms with E-state index in [1.807, 2.05) is 84.9 Å². The largest absolute Gasteiger partial charge is 0.871 e. The van der Waals surface area contributed by atoms with E-state index in [0.29, 0.717) is 0 Å². The van der Waals surface area contributed by atoms with Gasteiger partial charge < -0.3 is 5.11 Å². The monoisotopic (exact) mass is 590 g/mol. The Balaban J connectivity index is 1.61. The van der Waals surface area contributed by atoms with Gasteiger partial charge in [-0.15, -0.1) is 0 Å². The fourth-order valence-electron chi connectivity index (χ4n) is 4.63. The highest BCUT2D eigenvalue weighted by molar-refractivity contribution is 8.11. The van der Waals surface area contributed by atoms with Gasteiger partial charge in [0.15, 0.2) is 0 Å². The van der Waals surface area contributed by atoms with Crippen LogP contribution in [-0.4, -0.2) is 11.6 Å². The van der Waals surface area contributed by atoms with Crippen molar-refractivity contribution >= 4 is 45.6 Å². The van der Waals surface area contributed by atoms with E-state index in [0.717, 1.165) is 41.8 Å². The molecular weight excluding hydrogens is 557 g/mol. The van der Waals surface area contributed by atoms with Crippen LogP contribution in [0.3, 0.4) is 0 Å². The van der Waals surface area contributed by atoms with Crippen LogP contribution in [0.5, 0.6) is 0 Å². The molecule has 0 amide bonds. The van der Waals surface area contributed by atoms with Gasteiger partial charge in [0, 0.05) is 39.2 Å². The molecule has 42 heavy (non-hydrogen) atoms. The maximum Gasteiger partial charge on any atom is 0.238 e. The minimum Gasteiger partial charge on any atom is -0.871 e. The predicted octanol–water partition coefficient (Wildman–Crippen LogP) is 8.79. The number of rotatable bonds is 4. The van der Waals surface area contributed by atoms with Gasteiger partial charge >= 0.3 is 0 Å². The Bertz CT molecular complexity index is 1720. The third-order valence-corrected chi connectivity index (χ3v) is 10.1. The first-order valence-electron chi connectivity index (χ1n) is 14.0. The van der Waals surface area contributed by atoms with Crippen LogP contribution >= 0.6 is 23.1 Å². The molecule has 0 atom stereocenters. The van der Waals surface area contributed by atoms with E-state index < -0.39 is 17.3 Å². The van der Waals surface area contributed by atoms with Crippen LogP contribution in [0.15, 0.2) is 118 Å². The summed E-state index contributed by atoms with van der Waals surface area (Å²) in [7, 11) is 0. The van der Waals surface area contributed by atoms with E-state index in [1.165, 1.54) is 0 Å². The first kappa shape index (κ1) is 29.7. The second-order valence-electron chi connectivity index (χ2n) is 12.6. The molecule has 212 valence electrons. The van der Waals surface area contributed by atoms with Gasteiger partial charge in [0.25, 0.3) is 0 Å². The third kappa shape index (κ3) is 6.33. The second-order valence-corrected chi connectivity index (χ2v) is 14.7. The molecule has 0 fully saturated rings. The Kier molecular flexibility index (Phi) is 8.10. The summed E-state index contributed by atoms with van der Waals surface area (Å²) in [5.41, 5.74) is 3.13. The Hall–Kier alpha value is -3.80. The van der Waals surface area contributed by atoms with Crippen LogP contribution in [0.1, 0.15) is 57.5 Å². The summed E-state index contributed by atoms with van der Waals surface area (Å²) in [5, 5.41) is 13.6. The van der Waals surface area contributed by atoms with Crippen LogP contribution in [0.25, 0.3) is 21.4 Å². The lowest BCUT2D eigenvalue weighted by Crippen LogP contribution is -2.11. The van der Waals surface area contributed by atoms with Crippen molar-refractivity contribution in [3.05, 3.63) is 134 Å². The molecule has 3 aromatic rings. The zero-order valence-corrected chi connectivity index (χ0v) is 26.4. The zero-order valence-electron chi connectivity index (χ0n) is 24.8. The molecule has 0 saturated carbocycles. The summed E-state index contributed by atoms with van der Waals surface area (Å²) in [6.45, 7) is 12.8. The highest BCUT2D eigenvalue weighted by atomic mass is 32.2. The predicted molar refractivity (Wildman–Crippen MR) is 176 cm³/mol. The Labute approximate surface area is 256 Å². The van der Waals surface area contributed by atoms with Crippen molar-refractivity contribution in [1.29, 1.82) is 0 Å². The molecule has 0 bridgehead atoms. The number of hydrogen-bond acceptors (Lipinski definition) is 4. The average molecular weight is 591 g/mol. The fraction of sp³-hybridized carbons (Fsp3) is 0.216. The smallest absolute Gasteiger partial charge is 0.238 e. The summed E-state index contributed by atoms with van der Waals surface area (Å²) in [4.78, 5) is 30.7. The first-order valence-corrected chi connectivity index (χ1v) is 15.6. The number of ketones is 2. The van der Waals surface area contributed by atoms with E-state index in [4.69, 9.17) is 0 Å². The second kappa shape index (κ2) is 11.5. The normalized spacial score (nSPS) is 18.1. The lowest BCUT2D eigenvalue weighted by Gasteiger charge is -2.27. The average Bonchev–Trinajstić information content (AvgIpc) is 3.15. The number of carbonyl (C=O) groups is 2. The molecule has 0 N–H and O–H groups in total. The molecule has 2 aromatic carbocycles. The van der Waals surface area contributed by atoms with E-state index in [2.05, 4.69) is 41.5 Å². The van der Waals surface area contributed by atoms with Crippen molar-refractivity contribution in [3.8, 4) is 10.4 Å². The van der Waals surface area contributed by atoms with E-state index in [9.17, 15) is 14.7 Å². The standard InChI is InChI=1S/C37H34O3S2/c1-36(2,3)31-21-23(19-29(41-31)25-13-9-7-10-14-25)17-27-33(38)28(35(40)34(27)39)18-24-20-30(26-15-11-8-12-16-26)42-32(22-24)37(4,5)6/h7-22H,1-6H3. The molecule has 2 aliphatic rings. The van der Waals surface area contributed by atoms with Gasteiger partial charge in [0.05, 0.1) is 0 Å². The summed E-state index contributed by atoms with van der Waals surface area (Å²) in [6, 6.07) is 24.1. The van der Waals surface area contributed by atoms with Crippen molar-refractivity contribution in [2.45, 2.75) is 47.0 Å². The van der Waals surface area contributed by atoms with Gasteiger partial charge in [0.1, 0.15) is 0 Å². The van der Waals surface area contributed by atoms with Gasteiger partial charge in [-0.05, 0) is 63.5 Å². The number of allylic oxidation sites excluding steroid dienone is 7. The Morgan fingerprint density at radius 2 is 1.36 bits per heavy atom. The molecule has 1 aliphatic heterocycles. The van der Waals surface area contributed by atoms with Crippen molar-refractivity contribution in [3.63, 3.8) is 0 Å². The van der Waals surface area contributed by atoms with E-state index in [1.54, 1.807) is 35.3 Å². The summed E-state index contributed by atoms with van der Waals surface area (Å²) in [5.74, 6) is -2.03. The van der Waals surface area contributed by atoms with Crippen molar-refractivity contribution in [1.82, 2.24) is 0 Å². The fourth-order valence-corrected chi connectivity index (χ4v) is 7.00. The highest BCUT2D eigenvalue weighted by Gasteiger charge is 2.32. The van der Waals surface area contributed by atoms with E-state index in [-0.39, 0.29) is 22.0 Å². The zero-order chi connectivity index (χ0) is 30.2. The molecule has 5 heteroatoms. The van der Waals surface area contributed by atoms with Gasteiger partial charge in [-0.3, -0.25) is 9.59 Å². The topological polar surface area (TPSA) is 57.2 Å². The molecule has 0 radical (unpaired) electrons. The summed E-state index contributed by atoms with van der Waals surface area (Å²) < 4.78 is 0. The number of thioether (sulfide) groups is 1. The molecular formula is C37H34O3S2.